The smallest absolute Gasteiger partial charge is 0.381 e. The van der Waals surface area contributed by atoms with E-state index in [0.29, 0.717) is 0 Å². The van der Waals surface area contributed by atoms with Crippen LogP contribution in [-0.4, -0.2) is 43.3 Å². The van der Waals surface area contributed by atoms with Crippen LogP contribution in [0.25, 0.3) is 0 Å². The van der Waals surface area contributed by atoms with Crippen LogP contribution in [0.5, 0.6) is 0 Å². The summed E-state index contributed by atoms with van der Waals surface area (Å²) in [6, 6.07) is 9.72. The Balaban J connectivity index is 0.000000302. The molecular weight excluding hydrogens is 236 g/mol. The second-order valence-corrected chi connectivity index (χ2v) is 6.41. The Kier molecular flexibility index (Phi) is 6.39. The third-order valence-electron chi connectivity index (χ3n) is 2.51. The summed E-state index contributed by atoms with van der Waals surface area (Å²) in [7, 11) is 2.22. The molecule has 0 bridgehead atoms. The Morgan fingerprint density at radius 1 is 0.941 bits per heavy atom. The molecule has 0 spiro atoms. The number of ether oxygens (including phenoxy) is 1. The van der Waals surface area contributed by atoms with Gasteiger partial charge in [0.15, 0.2) is 0 Å². The molecule has 0 unspecified atom stereocenters. The highest BCUT2D eigenvalue weighted by Gasteiger charge is 2.40. The summed E-state index contributed by atoms with van der Waals surface area (Å²) < 4.78 is 20.7. The molecule has 17 heavy (non-hydrogen) atoms. The van der Waals surface area contributed by atoms with Gasteiger partial charge in [-0.25, -0.2) is 0 Å². The molecule has 1 aliphatic rings. The lowest BCUT2D eigenvalue weighted by Crippen LogP contribution is -2.54. The highest BCUT2D eigenvalue weighted by atomic mass is 28.4. The zero-order valence-corrected chi connectivity index (χ0v) is 11.6. The summed E-state index contributed by atoms with van der Waals surface area (Å²) in [4.78, 5) is 0. The summed E-state index contributed by atoms with van der Waals surface area (Å²) in [5.41, 5.74) is 0. The molecule has 0 saturated carbocycles. The van der Waals surface area contributed by atoms with E-state index in [-0.39, 0.29) is 0 Å². The van der Waals surface area contributed by atoms with Crippen molar-refractivity contribution in [3.05, 3.63) is 30.3 Å². The van der Waals surface area contributed by atoms with Crippen molar-refractivity contribution < 1.29 is 18.0 Å². The fourth-order valence-electron chi connectivity index (χ4n) is 1.39. The van der Waals surface area contributed by atoms with Crippen molar-refractivity contribution in [3.8, 4) is 0 Å². The molecule has 96 valence electrons. The van der Waals surface area contributed by atoms with Crippen molar-refractivity contribution in [1.29, 1.82) is 0 Å². The first-order chi connectivity index (χ1) is 8.29. The maximum absolute atomic E-state index is 5.32. The number of rotatable bonds is 4. The van der Waals surface area contributed by atoms with Gasteiger partial charge in [-0.3, -0.25) is 0 Å². The molecule has 1 heterocycles. The number of benzene rings is 1. The first-order valence-corrected chi connectivity index (χ1v) is 7.30. The fourth-order valence-corrected chi connectivity index (χ4v) is 3.20. The zero-order valence-electron chi connectivity index (χ0n) is 10.6. The van der Waals surface area contributed by atoms with Crippen LogP contribution in [0.4, 0.5) is 0 Å². The minimum Gasteiger partial charge on any atom is -0.381 e. The Hall–Kier alpha value is -0.723. The Labute approximate surface area is 104 Å². The standard InChI is InChI=1S/C9H14O3Si.C3H6O/c1-10-13(11-2,12-3)9-7-5-4-6-8-9;1-2-4-3-1/h4-8H,1-3H3;1-3H2. The topological polar surface area (TPSA) is 36.9 Å². The lowest BCUT2D eigenvalue weighted by Gasteiger charge is -2.24. The molecule has 1 aromatic carbocycles. The van der Waals surface area contributed by atoms with Gasteiger partial charge >= 0.3 is 8.80 Å². The van der Waals surface area contributed by atoms with Crippen LogP contribution in [0.15, 0.2) is 30.3 Å². The summed E-state index contributed by atoms with van der Waals surface area (Å²) in [5.74, 6) is 0. The summed E-state index contributed by atoms with van der Waals surface area (Å²) in [6.45, 7) is 2.00. The van der Waals surface area contributed by atoms with Gasteiger partial charge in [0, 0.05) is 39.7 Å². The van der Waals surface area contributed by atoms with Crippen LogP contribution in [0.1, 0.15) is 6.42 Å². The lowest BCUT2D eigenvalue weighted by atomic mass is 10.4. The van der Waals surface area contributed by atoms with Gasteiger partial charge in [-0.1, -0.05) is 30.3 Å². The van der Waals surface area contributed by atoms with E-state index >= 15 is 0 Å². The van der Waals surface area contributed by atoms with E-state index in [1.807, 2.05) is 30.3 Å². The van der Waals surface area contributed by atoms with E-state index in [0.717, 1.165) is 18.4 Å². The minimum atomic E-state index is -2.59. The number of hydrogen-bond acceptors (Lipinski definition) is 4. The third kappa shape index (κ3) is 3.90. The van der Waals surface area contributed by atoms with Crippen LogP contribution < -0.4 is 5.19 Å². The quantitative estimate of drug-likeness (QED) is 0.758. The molecule has 0 atom stereocenters. The van der Waals surface area contributed by atoms with Crippen molar-refractivity contribution in [1.82, 2.24) is 0 Å². The van der Waals surface area contributed by atoms with Crippen molar-refractivity contribution in [2.24, 2.45) is 0 Å². The average Bonchev–Trinajstić information content (AvgIpc) is 2.31. The number of hydrogen-bond donors (Lipinski definition) is 0. The van der Waals surface area contributed by atoms with Crippen LogP contribution in [0.2, 0.25) is 0 Å². The SMILES string of the molecule is C1COC1.CO[Si](OC)(OC)c1ccccc1. The predicted octanol–water partition coefficient (Wildman–Crippen LogP) is 1.18. The van der Waals surface area contributed by atoms with E-state index in [1.54, 1.807) is 21.3 Å². The molecule has 1 aliphatic heterocycles. The van der Waals surface area contributed by atoms with Gasteiger partial charge in [0.2, 0.25) is 0 Å². The molecule has 0 N–H and O–H groups in total. The lowest BCUT2D eigenvalue weighted by molar-refractivity contribution is 0.0367. The maximum Gasteiger partial charge on any atom is 0.536 e. The molecule has 1 saturated heterocycles. The van der Waals surface area contributed by atoms with Gasteiger partial charge in [0.05, 0.1) is 0 Å². The molecule has 4 nitrogen and oxygen atoms in total. The van der Waals surface area contributed by atoms with Crippen molar-refractivity contribution in [3.63, 3.8) is 0 Å². The average molecular weight is 256 g/mol. The van der Waals surface area contributed by atoms with Gasteiger partial charge in [-0.05, 0) is 6.42 Å². The Bertz CT molecular complexity index is 284. The molecular formula is C12H20O4Si. The summed E-state index contributed by atoms with van der Waals surface area (Å²) >= 11 is 0. The minimum absolute atomic E-state index is 0.975. The molecule has 1 aromatic rings. The largest absolute Gasteiger partial charge is 0.536 e. The molecule has 0 amide bonds. The van der Waals surface area contributed by atoms with Crippen LogP contribution in [0.3, 0.4) is 0 Å². The predicted molar refractivity (Wildman–Crippen MR) is 68.3 cm³/mol. The first kappa shape index (κ1) is 14.3. The van der Waals surface area contributed by atoms with E-state index in [2.05, 4.69) is 0 Å². The van der Waals surface area contributed by atoms with Gasteiger partial charge in [0.1, 0.15) is 0 Å². The fraction of sp³-hybridized carbons (Fsp3) is 0.500. The Morgan fingerprint density at radius 2 is 1.35 bits per heavy atom. The summed E-state index contributed by atoms with van der Waals surface area (Å²) in [5, 5.41) is 0.975. The molecule has 0 aromatic heterocycles. The van der Waals surface area contributed by atoms with Crippen LogP contribution in [-0.2, 0) is 18.0 Å². The highest BCUT2D eigenvalue weighted by molar-refractivity contribution is 6.75. The van der Waals surface area contributed by atoms with E-state index in [4.69, 9.17) is 18.0 Å². The maximum atomic E-state index is 5.32. The van der Waals surface area contributed by atoms with Gasteiger partial charge in [-0.2, -0.15) is 0 Å². The second-order valence-electron chi connectivity index (χ2n) is 3.50. The van der Waals surface area contributed by atoms with Crippen molar-refractivity contribution in [2.45, 2.75) is 6.42 Å². The van der Waals surface area contributed by atoms with Gasteiger partial charge in [0.25, 0.3) is 0 Å². The van der Waals surface area contributed by atoms with E-state index < -0.39 is 8.80 Å². The van der Waals surface area contributed by atoms with E-state index in [9.17, 15) is 0 Å². The van der Waals surface area contributed by atoms with Crippen LogP contribution >= 0.6 is 0 Å². The second kappa shape index (κ2) is 7.57. The molecule has 0 radical (unpaired) electrons. The highest BCUT2D eigenvalue weighted by Crippen LogP contribution is 2.05. The molecule has 5 heteroatoms. The summed E-state index contributed by atoms with van der Waals surface area (Å²) in [6.07, 6.45) is 1.28. The molecule has 0 aliphatic carbocycles. The normalized spacial score (nSPS) is 14.5. The van der Waals surface area contributed by atoms with Crippen molar-refractivity contribution in [2.75, 3.05) is 34.5 Å². The van der Waals surface area contributed by atoms with Crippen LogP contribution in [0, 0.1) is 0 Å². The van der Waals surface area contributed by atoms with Crippen molar-refractivity contribution >= 4 is 14.0 Å². The van der Waals surface area contributed by atoms with Gasteiger partial charge in [-0.15, -0.1) is 0 Å². The Morgan fingerprint density at radius 3 is 1.65 bits per heavy atom. The zero-order chi connectivity index (χ0) is 12.6. The van der Waals surface area contributed by atoms with E-state index in [1.165, 1.54) is 6.42 Å². The molecule has 2 rings (SSSR count). The van der Waals surface area contributed by atoms with Gasteiger partial charge < -0.3 is 18.0 Å². The monoisotopic (exact) mass is 256 g/mol. The molecule has 1 fully saturated rings. The first-order valence-electron chi connectivity index (χ1n) is 5.58. The third-order valence-corrected chi connectivity index (χ3v) is 5.16.